The minimum Gasteiger partial charge on any atom is -0.395 e. The first-order valence-corrected chi connectivity index (χ1v) is 10.4. The van der Waals surface area contributed by atoms with Crippen LogP contribution in [0.4, 0.5) is 5.69 Å². The molecule has 0 bridgehead atoms. The molecule has 0 spiro atoms. The average molecular weight is 403 g/mol. The van der Waals surface area contributed by atoms with Gasteiger partial charge in [-0.3, -0.25) is 14.6 Å². The van der Waals surface area contributed by atoms with Crippen LogP contribution in [0.3, 0.4) is 0 Å². The number of pyridine rings is 1. The zero-order chi connectivity index (χ0) is 20.5. The Morgan fingerprint density at radius 1 is 1.13 bits per heavy atom. The molecule has 0 aliphatic carbocycles. The number of rotatable bonds is 5. The molecule has 30 heavy (non-hydrogen) atoms. The van der Waals surface area contributed by atoms with E-state index in [2.05, 4.69) is 37.2 Å². The molecule has 0 radical (unpaired) electrons. The van der Waals surface area contributed by atoms with Gasteiger partial charge in [-0.05, 0) is 35.9 Å². The Hall–Kier alpha value is -3.00. The number of carbonyl (C=O) groups is 1. The van der Waals surface area contributed by atoms with Crippen LogP contribution >= 0.6 is 0 Å². The molecule has 7 nitrogen and oxygen atoms in total. The van der Waals surface area contributed by atoms with Crippen LogP contribution in [0.2, 0.25) is 0 Å². The van der Waals surface area contributed by atoms with Crippen molar-refractivity contribution in [3.63, 3.8) is 0 Å². The number of aliphatic hydroxyl groups excluding tert-OH is 1. The maximum absolute atomic E-state index is 12.7. The molecule has 3 N–H and O–H groups in total. The number of amides is 1. The molecule has 1 fully saturated rings. The molecule has 2 aliphatic heterocycles. The number of benzene rings is 1. The number of hydrogen-bond donors (Lipinski definition) is 3. The monoisotopic (exact) mass is 403 g/mol. The number of nitrogens with one attached hydrogen (secondary N) is 2. The van der Waals surface area contributed by atoms with Crippen LogP contribution in [0.1, 0.15) is 16.7 Å². The van der Waals surface area contributed by atoms with Gasteiger partial charge >= 0.3 is 0 Å². The number of piperazine rings is 1. The lowest BCUT2D eigenvalue weighted by Gasteiger charge is -2.34. The van der Waals surface area contributed by atoms with Crippen molar-refractivity contribution in [2.24, 2.45) is 0 Å². The quantitative estimate of drug-likeness (QED) is 0.569. The van der Waals surface area contributed by atoms with Gasteiger partial charge in [0.1, 0.15) is 5.65 Å². The lowest BCUT2D eigenvalue weighted by atomic mass is 10.0. The molecule has 1 saturated heterocycles. The highest BCUT2D eigenvalue weighted by Gasteiger charge is 2.25. The van der Waals surface area contributed by atoms with Crippen molar-refractivity contribution < 1.29 is 9.90 Å². The number of aromatic nitrogens is 2. The van der Waals surface area contributed by atoms with Gasteiger partial charge in [0.05, 0.1) is 6.61 Å². The Labute approximate surface area is 175 Å². The molecular formula is C23H25N5O2. The van der Waals surface area contributed by atoms with Crippen LogP contribution < -0.4 is 5.32 Å². The number of anilines is 1. The summed E-state index contributed by atoms with van der Waals surface area (Å²) < 4.78 is 0. The molecule has 7 heteroatoms. The number of fused-ring (bicyclic) bond motifs is 2. The topological polar surface area (TPSA) is 84.5 Å². The van der Waals surface area contributed by atoms with E-state index in [9.17, 15) is 4.79 Å². The van der Waals surface area contributed by atoms with E-state index in [1.807, 2.05) is 30.5 Å². The van der Waals surface area contributed by atoms with E-state index in [-0.39, 0.29) is 12.5 Å². The molecule has 0 unspecified atom stereocenters. The van der Waals surface area contributed by atoms with E-state index in [0.29, 0.717) is 5.57 Å². The highest BCUT2D eigenvalue weighted by atomic mass is 16.3. The smallest absolute Gasteiger partial charge is 0.256 e. The van der Waals surface area contributed by atoms with Gasteiger partial charge in [0, 0.05) is 79.4 Å². The number of aromatic amines is 1. The third-order valence-corrected chi connectivity index (χ3v) is 5.94. The van der Waals surface area contributed by atoms with Crippen LogP contribution in [0.5, 0.6) is 0 Å². The number of nitrogens with zero attached hydrogens (tertiary/aromatic N) is 3. The molecule has 0 atom stereocenters. The van der Waals surface area contributed by atoms with Gasteiger partial charge in [0.25, 0.3) is 5.91 Å². The first-order chi connectivity index (χ1) is 14.7. The summed E-state index contributed by atoms with van der Waals surface area (Å²) in [6.07, 6.45) is 5.59. The number of hydrogen-bond acceptors (Lipinski definition) is 5. The van der Waals surface area contributed by atoms with Gasteiger partial charge in [-0.2, -0.15) is 0 Å². The Bertz CT molecular complexity index is 1110. The molecule has 3 aromatic rings. The normalized spacial score (nSPS) is 18.8. The zero-order valence-corrected chi connectivity index (χ0v) is 16.8. The standard InChI is InChI=1S/C23H25N5O2/c29-11-10-27-6-8-28(9-7-27)15-16-3-4-21-19(12-16)20(23(30)26-21)13-17-14-25-22-18(17)2-1-5-24-22/h1-5,12-14,29H,6-11,15H2,(H,24,25)(H,26,30)/b20-13+. The van der Waals surface area contributed by atoms with Crippen LogP contribution in [-0.2, 0) is 11.3 Å². The van der Waals surface area contributed by atoms with Gasteiger partial charge in [0.2, 0.25) is 0 Å². The largest absolute Gasteiger partial charge is 0.395 e. The van der Waals surface area contributed by atoms with E-state index >= 15 is 0 Å². The van der Waals surface area contributed by atoms with Crippen molar-refractivity contribution in [1.82, 2.24) is 19.8 Å². The van der Waals surface area contributed by atoms with E-state index in [0.717, 1.165) is 67.1 Å². The molecule has 154 valence electrons. The maximum atomic E-state index is 12.7. The maximum Gasteiger partial charge on any atom is 0.256 e. The van der Waals surface area contributed by atoms with Crippen molar-refractivity contribution >= 4 is 34.3 Å². The molecule has 5 rings (SSSR count). The second-order valence-corrected chi connectivity index (χ2v) is 7.88. The lowest BCUT2D eigenvalue weighted by Crippen LogP contribution is -2.46. The Kier molecular flexibility index (Phi) is 5.08. The molecular weight excluding hydrogens is 378 g/mol. The minimum absolute atomic E-state index is 0.0713. The summed E-state index contributed by atoms with van der Waals surface area (Å²) >= 11 is 0. The zero-order valence-electron chi connectivity index (χ0n) is 16.8. The highest BCUT2D eigenvalue weighted by molar-refractivity contribution is 6.35. The first-order valence-electron chi connectivity index (χ1n) is 10.4. The summed E-state index contributed by atoms with van der Waals surface area (Å²) in [6, 6.07) is 10.1. The molecule has 0 saturated carbocycles. The lowest BCUT2D eigenvalue weighted by molar-refractivity contribution is -0.110. The fourth-order valence-corrected chi connectivity index (χ4v) is 4.30. The third kappa shape index (κ3) is 3.63. The van der Waals surface area contributed by atoms with Gasteiger partial charge < -0.3 is 15.4 Å². The Balaban J connectivity index is 1.38. The number of H-pyrrole nitrogens is 1. The molecule has 2 aromatic heterocycles. The molecule has 4 heterocycles. The first kappa shape index (κ1) is 19.0. The van der Waals surface area contributed by atoms with Crippen molar-refractivity contribution in [2.75, 3.05) is 44.6 Å². The van der Waals surface area contributed by atoms with Crippen molar-refractivity contribution in [3.8, 4) is 0 Å². The second-order valence-electron chi connectivity index (χ2n) is 7.88. The SMILES string of the molecule is O=C1Nc2ccc(CN3CCN(CCO)CC3)cc2/C1=C\c1c[nH]c2ncccc12. The summed E-state index contributed by atoms with van der Waals surface area (Å²) in [6.45, 7) is 5.75. The van der Waals surface area contributed by atoms with Crippen molar-refractivity contribution in [3.05, 3.63) is 59.4 Å². The van der Waals surface area contributed by atoms with Gasteiger partial charge in [-0.25, -0.2) is 4.98 Å². The van der Waals surface area contributed by atoms with Crippen LogP contribution in [-0.4, -0.2) is 70.1 Å². The van der Waals surface area contributed by atoms with Gasteiger partial charge in [0.15, 0.2) is 0 Å². The van der Waals surface area contributed by atoms with Crippen molar-refractivity contribution in [1.29, 1.82) is 0 Å². The van der Waals surface area contributed by atoms with E-state index in [4.69, 9.17) is 5.11 Å². The number of aliphatic hydroxyl groups is 1. The minimum atomic E-state index is -0.0713. The summed E-state index contributed by atoms with van der Waals surface area (Å²) in [5, 5.41) is 13.1. The van der Waals surface area contributed by atoms with Crippen LogP contribution in [0.25, 0.3) is 22.7 Å². The summed E-state index contributed by atoms with van der Waals surface area (Å²) in [5.41, 5.74) is 5.48. The van der Waals surface area contributed by atoms with E-state index in [1.54, 1.807) is 6.20 Å². The van der Waals surface area contributed by atoms with Crippen LogP contribution in [0, 0.1) is 0 Å². The van der Waals surface area contributed by atoms with Crippen LogP contribution in [0.15, 0.2) is 42.7 Å². The number of carbonyl (C=O) groups excluding carboxylic acids is 1. The van der Waals surface area contributed by atoms with Gasteiger partial charge in [-0.1, -0.05) is 6.07 Å². The molecule has 1 aromatic carbocycles. The summed E-state index contributed by atoms with van der Waals surface area (Å²) in [4.78, 5) is 24.9. The summed E-state index contributed by atoms with van der Waals surface area (Å²) in [5.74, 6) is -0.0713. The van der Waals surface area contributed by atoms with Crippen molar-refractivity contribution in [2.45, 2.75) is 6.54 Å². The highest BCUT2D eigenvalue weighted by Crippen LogP contribution is 2.35. The van der Waals surface area contributed by atoms with E-state index < -0.39 is 0 Å². The van der Waals surface area contributed by atoms with Gasteiger partial charge in [-0.15, -0.1) is 0 Å². The number of β-amino-alcohol motifs (C(OH)–C–C–N with tert-alkyl or cyclic N) is 1. The second kappa shape index (κ2) is 8.02. The Morgan fingerprint density at radius 2 is 1.97 bits per heavy atom. The average Bonchev–Trinajstić information content (AvgIpc) is 3.31. The fourth-order valence-electron chi connectivity index (χ4n) is 4.30. The third-order valence-electron chi connectivity index (χ3n) is 5.94. The Morgan fingerprint density at radius 3 is 2.80 bits per heavy atom. The summed E-state index contributed by atoms with van der Waals surface area (Å²) in [7, 11) is 0. The fraction of sp³-hybridized carbons (Fsp3) is 0.304. The molecule has 2 aliphatic rings. The predicted octanol–water partition coefficient (Wildman–Crippen LogP) is 2.17. The van der Waals surface area contributed by atoms with E-state index in [1.165, 1.54) is 5.56 Å². The molecule has 1 amide bonds. The predicted molar refractivity (Wildman–Crippen MR) is 118 cm³/mol.